The first-order chi connectivity index (χ1) is 10.7. The molecule has 1 aliphatic heterocycles. The topological polar surface area (TPSA) is 83.8 Å². The molecular weight excluding hydrogens is 308 g/mol. The molecule has 0 spiro atoms. The van der Waals surface area contributed by atoms with Gasteiger partial charge in [-0.2, -0.15) is 0 Å². The molecule has 1 aromatic carbocycles. The lowest BCUT2D eigenvalue weighted by atomic mass is 9.71. The van der Waals surface area contributed by atoms with Gasteiger partial charge in [-0.15, -0.1) is 0 Å². The standard InChI is InChI=1S/C19H26O5/c1-17(2,3)10-18(4,5)12-7-11(9-14(20)21)8-13-15(12)24-16(22)19(13,6)23/h7-8,23H,9-10H2,1-6H3,(H,20,21). The van der Waals surface area contributed by atoms with Crippen molar-refractivity contribution in [2.24, 2.45) is 5.41 Å². The maximum Gasteiger partial charge on any atom is 0.348 e. The molecule has 2 N–H and O–H groups in total. The molecule has 1 heterocycles. The SMILES string of the molecule is CC(C)(C)CC(C)(C)c1cc(CC(=O)O)cc2c1OC(=O)C2(C)O. The predicted molar refractivity (Wildman–Crippen MR) is 90.1 cm³/mol. The number of fused-ring (bicyclic) bond motifs is 1. The van der Waals surface area contributed by atoms with Crippen molar-refractivity contribution >= 4 is 11.9 Å². The van der Waals surface area contributed by atoms with Crippen molar-refractivity contribution in [3.8, 4) is 5.75 Å². The summed E-state index contributed by atoms with van der Waals surface area (Å²) in [7, 11) is 0. The third-order valence-electron chi connectivity index (χ3n) is 4.32. The first-order valence-corrected chi connectivity index (χ1v) is 8.08. The van der Waals surface area contributed by atoms with Crippen molar-refractivity contribution in [1.29, 1.82) is 0 Å². The summed E-state index contributed by atoms with van der Waals surface area (Å²) >= 11 is 0. The Morgan fingerprint density at radius 2 is 1.79 bits per heavy atom. The molecule has 24 heavy (non-hydrogen) atoms. The Labute approximate surface area is 142 Å². The van der Waals surface area contributed by atoms with Crippen molar-refractivity contribution in [3.05, 3.63) is 28.8 Å². The Kier molecular flexibility index (Phi) is 4.30. The summed E-state index contributed by atoms with van der Waals surface area (Å²) in [6.07, 6.45) is 0.638. The maximum absolute atomic E-state index is 12.1. The van der Waals surface area contributed by atoms with Crippen LogP contribution in [-0.2, 0) is 27.0 Å². The summed E-state index contributed by atoms with van der Waals surface area (Å²) in [5.41, 5.74) is -0.407. The minimum absolute atomic E-state index is 0.0321. The Hall–Kier alpha value is -1.88. The largest absolute Gasteiger partial charge is 0.481 e. The van der Waals surface area contributed by atoms with E-state index in [2.05, 4.69) is 20.8 Å². The van der Waals surface area contributed by atoms with E-state index < -0.39 is 17.5 Å². The van der Waals surface area contributed by atoms with E-state index in [1.54, 1.807) is 12.1 Å². The summed E-state index contributed by atoms with van der Waals surface area (Å²) in [6, 6.07) is 3.35. The molecule has 1 aliphatic rings. The number of carbonyl (C=O) groups is 2. The fourth-order valence-electron chi connectivity index (χ4n) is 3.66. The van der Waals surface area contributed by atoms with Crippen LogP contribution in [0.3, 0.4) is 0 Å². The lowest BCUT2D eigenvalue weighted by Crippen LogP contribution is -2.29. The highest BCUT2D eigenvalue weighted by atomic mass is 16.6. The van der Waals surface area contributed by atoms with E-state index in [4.69, 9.17) is 9.84 Å². The Morgan fingerprint density at radius 3 is 2.29 bits per heavy atom. The second-order valence-electron chi connectivity index (χ2n) is 8.67. The van der Waals surface area contributed by atoms with Crippen LogP contribution in [0.25, 0.3) is 0 Å². The zero-order valence-corrected chi connectivity index (χ0v) is 15.2. The minimum Gasteiger partial charge on any atom is -0.481 e. The second-order valence-corrected chi connectivity index (χ2v) is 8.67. The third kappa shape index (κ3) is 3.46. The van der Waals surface area contributed by atoms with E-state index >= 15 is 0 Å². The predicted octanol–water partition coefficient (Wildman–Crippen LogP) is 3.15. The van der Waals surface area contributed by atoms with Crippen LogP contribution in [-0.4, -0.2) is 22.2 Å². The average molecular weight is 334 g/mol. The average Bonchev–Trinajstić information content (AvgIpc) is 2.57. The van der Waals surface area contributed by atoms with Crippen LogP contribution in [0.15, 0.2) is 12.1 Å². The van der Waals surface area contributed by atoms with Crippen molar-refractivity contribution < 1.29 is 24.5 Å². The summed E-state index contributed by atoms with van der Waals surface area (Å²) < 4.78 is 5.38. The summed E-state index contributed by atoms with van der Waals surface area (Å²) in [5.74, 6) is -1.31. The first kappa shape index (κ1) is 18.5. The maximum atomic E-state index is 12.1. The normalized spacial score (nSPS) is 20.7. The number of rotatable bonds is 4. The van der Waals surface area contributed by atoms with Crippen LogP contribution in [0.1, 0.15) is 64.7 Å². The highest BCUT2D eigenvalue weighted by Crippen LogP contribution is 2.48. The van der Waals surface area contributed by atoms with Crippen LogP contribution in [0.2, 0.25) is 0 Å². The Balaban J connectivity index is 2.65. The van der Waals surface area contributed by atoms with Gasteiger partial charge in [-0.3, -0.25) is 4.79 Å². The van der Waals surface area contributed by atoms with Gasteiger partial charge in [-0.25, -0.2) is 4.79 Å². The van der Waals surface area contributed by atoms with Gasteiger partial charge in [0, 0.05) is 11.1 Å². The number of carbonyl (C=O) groups excluding carboxylic acids is 1. The molecule has 0 bridgehead atoms. The molecule has 0 fully saturated rings. The zero-order valence-electron chi connectivity index (χ0n) is 15.2. The van der Waals surface area contributed by atoms with E-state index in [1.165, 1.54) is 6.92 Å². The minimum atomic E-state index is -1.75. The van der Waals surface area contributed by atoms with E-state index in [-0.39, 0.29) is 17.3 Å². The second kappa shape index (κ2) is 5.59. The molecule has 2 rings (SSSR count). The number of aliphatic hydroxyl groups is 1. The van der Waals surface area contributed by atoms with E-state index in [0.29, 0.717) is 16.9 Å². The van der Waals surface area contributed by atoms with Crippen molar-refractivity contribution in [1.82, 2.24) is 0 Å². The van der Waals surface area contributed by atoms with Crippen LogP contribution in [0.5, 0.6) is 5.75 Å². The fourth-order valence-corrected chi connectivity index (χ4v) is 3.66. The molecule has 0 aromatic heterocycles. The number of aliphatic carboxylic acids is 1. The van der Waals surface area contributed by atoms with Crippen molar-refractivity contribution in [2.45, 2.75) is 65.4 Å². The van der Waals surface area contributed by atoms with Crippen molar-refractivity contribution in [2.75, 3.05) is 0 Å². The van der Waals surface area contributed by atoms with Gasteiger partial charge in [-0.1, -0.05) is 40.7 Å². The number of hydrogen-bond acceptors (Lipinski definition) is 4. The smallest absolute Gasteiger partial charge is 0.348 e. The molecule has 0 saturated carbocycles. The van der Waals surface area contributed by atoms with E-state index in [9.17, 15) is 14.7 Å². The van der Waals surface area contributed by atoms with Gasteiger partial charge in [0.15, 0.2) is 5.60 Å². The van der Waals surface area contributed by atoms with Gasteiger partial charge in [0.2, 0.25) is 0 Å². The number of carboxylic acids is 1. The van der Waals surface area contributed by atoms with Crippen molar-refractivity contribution in [3.63, 3.8) is 0 Å². The molecule has 132 valence electrons. The molecule has 0 radical (unpaired) electrons. The zero-order chi connectivity index (χ0) is 18.5. The number of esters is 1. The lowest BCUT2D eigenvalue weighted by Gasteiger charge is -2.34. The first-order valence-electron chi connectivity index (χ1n) is 8.08. The van der Waals surface area contributed by atoms with Gasteiger partial charge in [-0.05, 0) is 35.8 Å². The molecule has 1 unspecified atom stereocenters. The van der Waals surface area contributed by atoms with Gasteiger partial charge in [0.05, 0.1) is 6.42 Å². The summed E-state index contributed by atoms with van der Waals surface area (Å²) in [5, 5.41) is 19.6. The monoisotopic (exact) mass is 334 g/mol. The van der Waals surface area contributed by atoms with Crippen LogP contribution in [0, 0.1) is 5.41 Å². The molecule has 0 amide bonds. The van der Waals surface area contributed by atoms with Gasteiger partial charge >= 0.3 is 11.9 Å². The van der Waals surface area contributed by atoms with Gasteiger partial charge in [0.1, 0.15) is 5.75 Å². The van der Waals surface area contributed by atoms with Gasteiger partial charge in [0.25, 0.3) is 0 Å². The van der Waals surface area contributed by atoms with Crippen LogP contribution >= 0.6 is 0 Å². The molecular formula is C19H26O5. The number of carboxylic acid groups (broad SMARTS) is 1. The molecule has 5 heteroatoms. The third-order valence-corrected chi connectivity index (χ3v) is 4.32. The Morgan fingerprint density at radius 1 is 1.21 bits per heavy atom. The summed E-state index contributed by atoms with van der Waals surface area (Å²) in [6.45, 7) is 11.8. The highest BCUT2D eigenvalue weighted by molar-refractivity contribution is 5.89. The molecule has 1 aromatic rings. The quantitative estimate of drug-likeness (QED) is 0.653. The summed E-state index contributed by atoms with van der Waals surface area (Å²) in [4.78, 5) is 23.2. The highest BCUT2D eigenvalue weighted by Gasteiger charge is 2.47. The van der Waals surface area contributed by atoms with E-state index in [0.717, 1.165) is 12.0 Å². The Bertz CT molecular complexity index is 692. The van der Waals surface area contributed by atoms with Gasteiger partial charge < -0.3 is 14.9 Å². The molecule has 0 aliphatic carbocycles. The number of ether oxygens (including phenoxy) is 1. The van der Waals surface area contributed by atoms with E-state index in [1.807, 2.05) is 13.8 Å². The molecule has 1 atom stereocenters. The molecule has 0 saturated heterocycles. The van der Waals surface area contributed by atoms with Crippen LogP contribution in [0.4, 0.5) is 0 Å². The lowest BCUT2D eigenvalue weighted by molar-refractivity contribution is -0.150. The number of benzene rings is 1. The molecule has 5 nitrogen and oxygen atoms in total. The fraction of sp³-hybridized carbons (Fsp3) is 0.579. The number of hydrogen-bond donors (Lipinski definition) is 2. The van der Waals surface area contributed by atoms with Crippen LogP contribution < -0.4 is 4.74 Å².